The van der Waals surface area contributed by atoms with Gasteiger partial charge in [0, 0.05) is 63.2 Å². The first kappa shape index (κ1) is 26.4. The van der Waals surface area contributed by atoms with Crippen molar-refractivity contribution in [2.24, 2.45) is 13.0 Å². The van der Waals surface area contributed by atoms with E-state index in [0.717, 1.165) is 70.5 Å². The summed E-state index contributed by atoms with van der Waals surface area (Å²) in [7, 11) is 3.79. The molecule has 2 saturated heterocycles. The van der Waals surface area contributed by atoms with Gasteiger partial charge in [0.1, 0.15) is 5.75 Å². The fourth-order valence-corrected chi connectivity index (χ4v) is 5.22. The van der Waals surface area contributed by atoms with Crippen LogP contribution in [-0.4, -0.2) is 66.6 Å². The van der Waals surface area contributed by atoms with Gasteiger partial charge in [0.15, 0.2) is 6.29 Å². The first-order chi connectivity index (χ1) is 18.6. The van der Waals surface area contributed by atoms with Gasteiger partial charge >= 0.3 is 0 Å². The summed E-state index contributed by atoms with van der Waals surface area (Å²) in [5.74, 6) is 1.82. The van der Waals surface area contributed by atoms with Crippen molar-refractivity contribution in [1.82, 2.24) is 25.3 Å². The lowest BCUT2D eigenvalue weighted by Crippen LogP contribution is -2.38. The number of rotatable bonds is 10. The molecular formula is C28H38N6O4. The minimum absolute atomic E-state index is 0.362. The van der Waals surface area contributed by atoms with E-state index >= 15 is 0 Å². The monoisotopic (exact) mass is 522 g/mol. The third kappa shape index (κ3) is 6.43. The van der Waals surface area contributed by atoms with Gasteiger partial charge in [0.2, 0.25) is 5.95 Å². The van der Waals surface area contributed by atoms with Crippen LogP contribution in [0.5, 0.6) is 5.75 Å². The number of anilines is 1. The number of nitrogens with one attached hydrogen (secondary N) is 2. The quantitative estimate of drug-likeness (QED) is 0.309. The smallest absolute Gasteiger partial charge is 0.278 e. The molecule has 3 aromatic rings. The number of aromatic nitrogens is 3. The molecule has 1 unspecified atom stereocenters. The van der Waals surface area contributed by atoms with Crippen molar-refractivity contribution < 1.29 is 19.1 Å². The van der Waals surface area contributed by atoms with Crippen LogP contribution in [-0.2, 0) is 23.0 Å². The molecule has 0 saturated carbocycles. The molecule has 10 nitrogen and oxygen atoms in total. The minimum atomic E-state index is -0.383. The lowest BCUT2D eigenvalue weighted by molar-refractivity contribution is -0.186. The molecule has 0 spiro atoms. The second kappa shape index (κ2) is 12.6. The number of carbonyl (C=O) groups excluding carboxylic acids is 1. The molecule has 2 aliphatic heterocycles. The number of ether oxygens (including phenoxy) is 2. The number of carbonyl (C=O) groups is 1. The van der Waals surface area contributed by atoms with Gasteiger partial charge in [-0.2, -0.15) is 0 Å². The van der Waals surface area contributed by atoms with Crippen molar-refractivity contribution >= 4 is 22.8 Å². The molecule has 2 aromatic heterocycles. The molecule has 4 heterocycles. The molecule has 2 aliphatic rings. The van der Waals surface area contributed by atoms with Gasteiger partial charge in [0.05, 0.1) is 18.2 Å². The van der Waals surface area contributed by atoms with Crippen LogP contribution in [0.25, 0.3) is 10.9 Å². The number of piperidine rings is 1. The highest BCUT2D eigenvalue weighted by molar-refractivity contribution is 5.92. The Balaban J connectivity index is 1.02. The van der Waals surface area contributed by atoms with Crippen molar-refractivity contribution in [2.45, 2.75) is 44.8 Å². The van der Waals surface area contributed by atoms with Crippen LogP contribution in [0.1, 0.15) is 48.0 Å². The molecule has 1 amide bonds. The fraction of sp³-hybridized carbons (Fsp3) is 0.536. The third-order valence-electron chi connectivity index (χ3n) is 7.50. The van der Waals surface area contributed by atoms with Crippen LogP contribution in [0.15, 0.2) is 36.8 Å². The van der Waals surface area contributed by atoms with Crippen molar-refractivity contribution in [3.8, 4) is 5.75 Å². The van der Waals surface area contributed by atoms with E-state index in [4.69, 9.17) is 14.3 Å². The number of benzene rings is 1. The lowest BCUT2D eigenvalue weighted by atomic mass is 9.97. The van der Waals surface area contributed by atoms with Gasteiger partial charge in [-0.3, -0.25) is 4.79 Å². The van der Waals surface area contributed by atoms with Crippen LogP contribution in [0.4, 0.5) is 5.95 Å². The molecule has 2 N–H and O–H groups in total. The van der Waals surface area contributed by atoms with E-state index in [1.807, 2.05) is 6.07 Å². The number of hydrogen-bond acceptors (Lipinski definition) is 8. The first-order valence-corrected chi connectivity index (χ1v) is 13.6. The third-order valence-corrected chi connectivity index (χ3v) is 7.50. The number of fused-ring (bicyclic) bond motifs is 1. The fourth-order valence-electron chi connectivity index (χ4n) is 5.22. The minimum Gasteiger partial charge on any atom is -0.497 e. The van der Waals surface area contributed by atoms with Crippen molar-refractivity contribution in [2.75, 3.05) is 44.8 Å². The zero-order chi connectivity index (χ0) is 26.3. The van der Waals surface area contributed by atoms with Crippen LogP contribution in [0.3, 0.4) is 0 Å². The number of methoxy groups -OCH3 is 1. The maximum absolute atomic E-state index is 12.3. The van der Waals surface area contributed by atoms with E-state index in [-0.39, 0.29) is 12.2 Å². The molecule has 204 valence electrons. The summed E-state index contributed by atoms with van der Waals surface area (Å²) in [6.45, 7) is 4.44. The summed E-state index contributed by atoms with van der Waals surface area (Å²) in [5.41, 5.74) is 5.38. The van der Waals surface area contributed by atoms with Crippen LogP contribution in [0.2, 0.25) is 0 Å². The highest BCUT2D eigenvalue weighted by Crippen LogP contribution is 2.25. The van der Waals surface area contributed by atoms with Gasteiger partial charge in [-0.05, 0) is 68.8 Å². The Morgan fingerprint density at radius 1 is 1.16 bits per heavy atom. The SMILES string of the molecule is COc1ccc2c(CCNCC3CCN(c4ncc(C(=O)NOC5CCCCO5)cn4)CC3)cn(C)c2c1. The second-order valence-electron chi connectivity index (χ2n) is 10.1. The van der Waals surface area contributed by atoms with Gasteiger partial charge in [-0.1, -0.05) is 0 Å². The highest BCUT2D eigenvalue weighted by atomic mass is 16.8. The number of nitrogens with zero attached hydrogens (tertiary/aromatic N) is 4. The Hall–Kier alpha value is -3.21. The number of aryl methyl sites for hydroxylation is 1. The van der Waals surface area contributed by atoms with Gasteiger partial charge in [0.25, 0.3) is 5.91 Å². The van der Waals surface area contributed by atoms with Crippen LogP contribution < -0.4 is 20.4 Å². The summed E-state index contributed by atoms with van der Waals surface area (Å²) in [6.07, 6.45) is 11.0. The molecule has 0 radical (unpaired) electrons. The van der Waals surface area contributed by atoms with E-state index < -0.39 is 0 Å². The molecule has 1 aromatic carbocycles. The first-order valence-electron chi connectivity index (χ1n) is 13.6. The van der Waals surface area contributed by atoms with Gasteiger partial charge < -0.3 is 24.3 Å². The molecule has 1 atom stereocenters. The number of amides is 1. The van der Waals surface area contributed by atoms with E-state index in [1.165, 1.54) is 16.5 Å². The second-order valence-corrected chi connectivity index (χ2v) is 10.1. The topological polar surface area (TPSA) is 103 Å². The Morgan fingerprint density at radius 2 is 1.97 bits per heavy atom. The van der Waals surface area contributed by atoms with Gasteiger partial charge in [-0.25, -0.2) is 20.3 Å². The van der Waals surface area contributed by atoms with Crippen molar-refractivity contribution in [3.05, 3.63) is 47.9 Å². The number of hydroxylamine groups is 1. The van der Waals surface area contributed by atoms with Crippen LogP contribution in [0, 0.1) is 5.92 Å². The molecule has 38 heavy (non-hydrogen) atoms. The standard InChI is InChI=1S/C28H38N6O4/c1-33-19-21(24-7-6-23(36-2)15-25(24)33)8-11-29-16-20-9-12-34(13-10-20)28-30-17-22(18-31-28)27(35)32-38-26-5-3-4-14-37-26/h6-7,15,17-20,26,29H,3-5,8-14,16H2,1-2H3,(H,32,35). The highest BCUT2D eigenvalue weighted by Gasteiger charge is 2.22. The average Bonchev–Trinajstić information content (AvgIpc) is 3.29. The molecule has 10 heteroatoms. The Labute approximate surface area is 223 Å². The predicted molar refractivity (Wildman–Crippen MR) is 145 cm³/mol. The molecule has 0 aliphatic carbocycles. The van der Waals surface area contributed by atoms with Gasteiger partial charge in [-0.15, -0.1) is 0 Å². The van der Waals surface area contributed by atoms with E-state index in [2.05, 4.69) is 55.6 Å². The normalized spacial score (nSPS) is 18.6. The number of hydrogen-bond donors (Lipinski definition) is 2. The maximum Gasteiger partial charge on any atom is 0.278 e. The molecule has 5 rings (SSSR count). The van der Waals surface area contributed by atoms with E-state index in [0.29, 0.717) is 24.0 Å². The summed E-state index contributed by atoms with van der Waals surface area (Å²) in [6, 6.07) is 6.27. The molecular weight excluding hydrogens is 484 g/mol. The summed E-state index contributed by atoms with van der Waals surface area (Å²) >= 11 is 0. The Bertz CT molecular complexity index is 1200. The van der Waals surface area contributed by atoms with Crippen molar-refractivity contribution in [1.29, 1.82) is 0 Å². The summed E-state index contributed by atoms with van der Waals surface area (Å²) in [5, 5.41) is 4.95. The molecule has 2 fully saturated rings. The van der Waals surface area contributed by atoms with Crippen molar-refractivity contribution in [3.63, 3.8) is 0 Å². The zero-order valence-corrected chi connectivity index (χ0v) is 22.3. The maximum atomic E-state index is 12.3. The average molecular weight is 523 g/mol. The van der Waals surface area contributed by atoms with E-state index in [1.54, 1.807) is 19.5 Å². The predicted octanol–water partition coefficient (Wildman–Crippen LogP) is 3.21. The zero-order valence-electron chi connectivity index (χ0n) is 22.3. The Morgan fingerprint density at radius 3 is 2.71 bits per heavy atom. The summed E-state index contributed by atoms with van der Waals surface area (Å²) < 4.78 is 13.0. The van der Waals surface area contributed by atoms with E-state index in [9.17, 15) is 4.79 Å². The Kier molecular flexibility index (Phi) is 8.72. The largest absolute Gasteiger partial charge is 0.497 e. The summed E-state index contributed by atoms with van der Waals surface area (Å²) in [4.78, 5) is 28.7. The van der Waals surface area contributed by atoms with Crippen LogP contribution >= 0.6 is 0 Å². The lowest BCUT2D eigenvalue weighted by Gasteiger charge is -2.32. The molecule has 0 bridgehead atoms.